The second-order valence-electron chi connectivity index (χ2n) is 5.16. The van der Waals surface area contributed by atoms with E-state index in [2.05, 4.69) is 67.3 Å². The number of hydrogen-bond acceptors (Lipinski definition) is 3. The highest BCUT2D eigenvalue weighted by atomic mass is 127. The molecule has 0 aliphatic rings. The van der Waals surface area contributed by atoms with Crippen molar-refractivity contribution in [2.75, 3.05) is 26.2 Å². The Morgan fingerprint density at radius 1 is 1.23 bits per heavy atom. The summed E-state index contributed by atoms with van der Waals surface area (Å²) in [5, 5.41) is 6.76. The van der Waals surface area contributed by atoms with E-state index in [9.17, 15) is 0 Å². The van der Waals surface area contributed by atoms with Crippen LogP contribution in [0.1, 0.15) is 37.4 Å². The minimum Gasteiger partial charge on any atom is -0.357 e. The van der Waals surface area contributed by atoms with Gasteiger partial charge in [0.2, 0.25) is 0 Å². The molecule has 0 radical (unpaired) electrons. The lowest BCUT2D eigenvalue weighted by Crippen LogP contribution is -2.45. The Balaban J connectivity index is 0.00000441. The molecule has 4 nitrogen and oxygen atoms in total. The van der Waals surface area contributed by atoms with Gasteiger partial charge in [0.25, 0.3) is 0 Å². The number of nitrogens with one attached hydrogen (secondary N) is 2. The predicted octanol–water partition coefficient (Wildman–Crippen LogP) is 3.46. The molecular weight excluding hydrogens is 407 g/mol. The second-order valence-corrected chi connectivity index (χ2v) is 6.53. The Morgan fingerprint density at radius 3 is 2.41 bits per heavy atom. The van der Waals surface area contributed by atoms with Crippen molar-refractivity contribution in [3.05, 3.63) is 21.9 Å². The summed E-state index contributed by atoms with van der Waals surface area (Å²) in [6.07, 6.45) is 0. The molecule has 0 saturated carbocycles. The van der Waals surface area contributed by atoms with Gasteiger partial charge in [-0.05, 0) is 46.0 Å². The number of likely N-dealkylation sites (N-methyl/N-ethyl adjacent to an activating group) is 1. The van der Waals surface area contributed by atoms with Crippen LogP contribution < -0.4 is 10.6 Å². The van der Waals surface area contributed by atoms with Crippen molar-refractivity contribution in [3.8, 4) is 0 Å². The third-order valence-corrected chi connectivity index (χ3v) is 4.52. The molecule has 0 bridgehead atoms. The average molecular weight is 438 g/mol. The molecule has 0 aromatic carbocycles. The van der Waals surface area contributed by atoms with Crippen LogP contribution in [-0.2, 0) is 6.54 Å². The number of nitrogens with zero attached hydrogens (tertiary/aromatic N) is 2. The van der Waals surface area contributed by atoms with Gasteiger partial charge < -0.3 is 10.6 Å². The zero-order valence-corrected chi connectivity index (χ0v) is 17.6. The number of thiophene rings is 1. The summed E-state index contributed by atoms with van der Waals surface area (Å²) in [5.41, 5.74) is 0. The fourth-order valence-electron chi connectivity index (χ4n) is 2.29. The monoisotopic (exact) mass is 438 g/mol. The third kappa shape index (κ3) is 7.78. The highest BCUT2D eigenvalue weighted by molar-refractivity contribution is 14.0. The van der Waals surface area contributed by atoms with Gasteiger partial charge in [-0.15, -0.1) is 35.3 Å². The van der Waals surface area contributed by atoms with E-state index >= 15 is 0 Å². The lowest BCUT2D eigenvalue weighted by molar-refractivity contribution is 0.231. The predicted molar refractivity (Wildman–Crippen MR) is 110 cm³/mol. The summed E-state index contributed by atoms with van der Waals surface area (Å²) in [7, 11) is 0. The van der Waals surface area contributed by atoms with E-state index < -0.39 is 0 Å². The van der Waals surface area contributed by atoms with Crippen molar-refractivity contribution in [2.45, 2.75) is 47.2 Å². The summed E-state index contributed by atoms with van der Waals surface area (Å²) in [6, 6.07) is 4.82. The Morgan fingerprint density at radius 2 is 1.91 bits per heavy atom. The number of rotatable bonds is 8. The minimum absolute atomic E-state index is 0. The Bertz CT molecular complexity index is 430. The number of aryl methyl sites for hydroxylation is 1. The highest BCUT2D eigenvalue weighted by Gasteiger charge is 2.10. The van der Waals surface area contributed by atoms with Gasteiger partial charge in [-0.2, -0.15) is 0 Å². The Labute approximate surface area is 156 Å². The molecule has 0 spiro atoms. The third-order valence-electron chi connectivity index (χ3n) is 3.53. The van der Waals surface area contributed by atoms with Crippen LogP contribution in [0.25, 0.3) is 0 Å². The Hall–Kier alpha value is -0.340. The fraction of sp³-hybridized carbons (Fsp3) is 0.688. The van der Waals surface area contributed by atoms with Crippen molar-refractivity contribution in [1.29, 1.82) is 0 Å². The van der Waals surface area contributed by atoms with Crippen LogP contribution in [-0.4, -0.2) is 43.1 Å². The van der Waals surface area contributed by atoms with Gasteiger partial charge in [0.05, 0.1) is 6.54 Å². The summed E-state index contributed by atoms with van der Waals surface area (Å²) in [6.45, 7) is 15.6. The Kier molecular flexibility index (Phi) is 11.9. The number of guanidine groups is 1. The van der Waals surface area contributed by atoms with Crippen LogP contribution in [0.5, 0.6) is 0 Å². The smallest absolute Gasteiger partial charge is 0.191 e. The second kappa shape index (κ2) is 12.1. The van der Waals surface area contributed by atoms with Gasteiger partial charge in [-0.3, -0.25) is 4.90 Å². The average Bonchev–Trinajstić information content (AvgIpc) is 2.89. The summed E-state index contributed by atoms with van der Waals surface area (Å²) in [5.74, 6) is 0.905. The molecule has 6 heteroatoms. The molecule has 0 amide bonds. The summed E-state index contributed by atoms with van der Waals surface area (Å²) in [4.78, 5) is 9.76. The summed E-state index contributed by atoms with van der Waals surface area (Å²) < 4.78 is 0. The molecule has 1 rings (SSSR count). The van der Waals surface area contributed by atoms with E-state index in [1.54, 1.807) is 0 Å². The van der Waals surface area contributed by atoms with E-state index in [0.29, 0.717) is 6.04 Å². The fourth-order valence-corrected chi connectivity index (χ4v) is 3.10. The SMILES string of the molecule is CCNC(=NCc1ccc(C)s1)NCC(C)N(CC)CC.I. The van der Waals surface area contributed by atoms with E-state index in [1.807, 2.05) is 11.3 Å². The highest BCUT2D eigenvalue weighted by Crippen LogP contribution is 2.15. The molecule has 2 N–H and O–H groups in total. The van der Waals surface area contributed by atoms with Crippen molar-refractivity contribution >= 4 is 41.3 Å². The molecule has 128 valence electrons. The molecule has 22 heavy (non-hydrogen) atoms. The molecule has 0 aliphatic heterocycles. The van der Waals surface area contributed by atoms with Crippen molar-refractivity contribution in [1.82, 2.24) is 15.5 Å². The van der Waals surface area contributed by atoms with Gasteiger partial charge in [0.1, 0.15) is 0 Å². The largest absolute Gasteiger partial charge is 0.357 e. The zero-order valence-electron chi connectivity index (χ0n) is 14.5. The van der Waals surface area contributed by atoms with Gasteiger partial charge in [-0.1, -0.05) is 13.8 Å². The number of aliphatic imine (C=N–C) groups is 1. The first-order valence-electron chi connectivity index (χ1n) is 7.92. The first kappa shape index (κ1) is 21.7. The van der Waals surface area contributed by atoms with Gasteiger partial charge in [0.15, 0.2) is 5.96 Å². The maximum absolute atomic E-state index is 4.67. The van der Waals surface area contributed by atoms with Gasteiger partial charge in [0, 0.05) is 28.9 Å². The standard InChI is InChI=1S/C16H30N4S.HI/c1-6-17-16(18-11-13(4)20(7-2)8-3)19-12-15-10-9-14(5)21-15;/h9-10,13H,6-8,11-12H2,1-5H3,(H2,17,18,19);1H. The maximum atomic E-state index is 4.67. The number of halogens is 1. The quantitative estimate of drug-likeness (QED) is 0.371. The summed E-state index contributed by atoms with van der Waals surface area (Å²) >= 11 is 1.81. The number of hydrogen-bond donors (Lipinski definition) is 2. The van der Waals surface area contributed by atoms with Crippen LogP contribution in [0.3, 0.4) is 0 Å². The van der Waals surface area contributed by atoms with Crippen LogP contribution in [0.15, 0.2) is 17.1 Å². The maximum Gasteiger partial charge on any atom is 0.191 e. The first-order valence-corrected chi connectivity index (χ1v) is 8.73. The minimum atomic E-state index is 0. The molecule has 1 aromatic rings. The first-order chi connectivity index (χ1) is 10.1. The van der Waals surface area contributed by atoms with Crippen LogP contribution in [0.2, 0.25) is 0 Å². The van der Waals surface area contributed by atoms with E-state index in [0.717, 1.165) is 38.7 Å². The van der Waals surface area contributed by atoms with Crippen LogP contribution in [0.4, 0.5) is 0 Å². The van der Waals surface area contributed by atoms with E-state index in [-0.39, 0.29) is 24.0 Å². The van der Waals surface area contributed by atoms with Crippen molar-refractivity contribution in [3.63, 3.8) is 0 Å². The van der Waals surface area contributed by atoms with E-state index in [4.69, 9.17) is 0 Å². The normalized spacial score (nSPS) is 12.9. The lowest BCUT2D eigenvalue weighted by atomic mass is 10.3. The van der Waals surface area contributed by atoms with Gasteiger partial charge in [-0.25, -0.2) is 4.99 Å². The molecule has 0 saturated heterocycles. The molecule has 1 aromatic heterocycles. The zero-order chi connectivity index (χ0) is 15.7. The van der Waals surface area contributed by atoms with Crippen LogP contribution in [0, 0.1) is 6.92 Å². The van der Waals surface area contributed by atoms with Crippen molar-refractivity contribution < 1.29 is 0 Å². The van der Waals surface area contributed by atoms with Gasteiger partial charge >= 0.3 is 0 Å². The molecule has 1 unspecified atom stereocenters. The van der Waals surface area contributed by atoms with Crippen LogP contribution >= 0.6 is 35.3 Å². The van der Waals surface area contributed by atoms with E-state index in [1.165, 1.54) is 9.75 Å². The molecule has 0 fully saturated rings. The molecule has 1 atom stereocenters. The molecule has 0 aliphatic carbocycles. The molecule has 1 heterocycles. The van der Waals surface area contributed by atoms with Crippen molar-refractivity contribution in [2.24, 2.45) is 4.99 Å². The topological polar surface area (TPSA) is 39.7 Å². The molecular formula is C16H31IN4S. The lowest BCUT2D eigenvalue weighted by Gasteiger charge is -2.27.